The molecule has 100 valence electrons. The van der Waals surface area contributed by atoms with Crippen LogP contribution in [0.5, 0.6) is 5.75 Å². The summed E-state index contributed by atoms with van der Waals surface area (Å²) in [7, 11) is 0. The molecule has 19 heavy (non-hydrogen) atoms. The highest BCUT2D eigenvalue weighted by atomic mass is 16.5. The molecule has 2 nitrogen and oxygen atoms in total. The smallest absolute Gasteiger partial charge is 0.122 e. The molecule has 2 heteroatoms. The zero-order valence-corrected chi connectivity index (χ0v) is 11.9. The van der Waals surface area contributed by atoms with Gasteiger partial charge in [0.15, 0.2) is 0 Å². The summed E-state index contributed by atoms with van der Waals surface area (Å²) in [5.41, 5.74) is 4.90. The number of nitrogens with one attached hydrogen (secondary N) is 1. The van der Waals surface area contributed by atoms with Crippen molar-refractivity contribution in [3.05, 3.63) is 59.2 Å². The number of anilines is 1. The van der Waals surface area contributed by atoms with Gasteiger partial charge < -0.3 is 10.1 Å². The highest BCUT2D eigenvalue weighted by Gasteiger charge is 2.01. The molecule has 0 heterocycles. The highest BCUT2D eigenvalue weighted by molar-refractivity contribution is 5.45. The quantitative estimate of drug-likeness (QED) is 0.812. The van der Waals surface area contributed by atoms with E-state index in [4.69, 9.17) is 4.74 Å². The summed E-state index contributed by atoms with van der Waals surface area (Å²) in [5, 5.41) is 3.36. The molecule has 0 unspecified atom stereocenters. The Balaban J connectivity index is 1.82. The van der Waals surface area contributed by atoms with E-state index in [9.17, 15) is 0 Å². The van der Waals surface area contributed by atoms with E-state index in [-0.39, 0.29) is 0 Å². The van der Waals surface area contributed by atoms with Crippen molar-refractivity contribution in [2.24, 2.45) is 0 Å². The van der Waals surface area contributed by atoms with Crippen molar-refractivity contribution in [2.75, 3.05) is 18.5 Å². The summed E-state index contributed by atoms with van der Waals surface area (Å²) in [6, 6.07) is 14.5. The van der Waals surface area contributed by atoms with Gasteiger partial charge in [0.2, 0.25) is 0 Å². The monoisotopic (exact) mass is 255 g/mol. The molecule has 0 fully saturated rings. The molecule has 0 aliphatic rings. The molecule has 0 bridgehead atoms. The minimum Gasteiger partial charge on any atom is -0.491 e. The lowest BCUT2D eigenvalue weighted by atomic mass is 10.1. The fourth-order valence-electron chi connectivity index (χ4n) is 1.99. The first-order valence-electron chi connectivity index (χ1n) is 6.66. The summed E-state index contributed by atoms with van der Waals surface area (Å²) in [6.07, 6.45) is 0. The van der Waals surface area contributed by atoms with Gasteiger partial charge in [-0.2, -0.15) is 0 Å². The van der Waals surface area contributed by atoms with Crippen LogP contribution in [-0.2, 0) is 0 Å². The van der Waals surface area contributed by atoms with Crippen LogP contribution in [0.4, 0.5) is 5.69 Å². The first-order valence-corrected chi connectivity index (χ1v) is 6.66. The van der Waals surface area contributed by atoms with E-state index in [1.807, 2.05) is 12.1 Å². The van der Waals surface area contributed by atoms with Crippen LogP contribution in [0.3, 0.4) is 0 Å². The van der Waals surface area contributed by atoms with Crippen molar-refractivity contribution >= 4 is 5.69 Å². The number of benzene rings is 2. The van der Waals surface area contributed by atoms with Crippen LogP contribution >= 0.6 is 0 Å². The van der Waals surface area contributed by atoms with Crippen LogP contribution in [0.1, 0.15) is 16.7 Å². The van der Waals surface area contributed by atoms with Gasteiger partial charge in [0.25, 0.3) is 0 Å². The largest absolute Gasteiger partial charge is 0.491 e. The van der Waals surface area contributed by atoms with Crippen molar-refractivity contribution in [3.63, 3.8) is 0 Å². The lowest BCUT2D eigenvalue weighted by Gasteiger charge is -2.12. The second kappa shape index (κ2) is 6.28. The van der Waals surface area contributed by atoms with Crippen molar-refractivity contribution in [3.8, 4) is 5.75 Å². The first kappa shape index (κ1) is 13.5. The zero-order valence-electron chi connectivity index (χ0n) is 11.9. The Labute approximate surface area is 115 Å². The lowest BCUT2D eigenvalue weighted by Crippen LogP contribution is -2.12. The topological polar surface area (TPSA) is 21.3 Å². The van der Waals surface area contributed by atoms with Gasteiger partial charge in [-0.1, -0.05) is 24.3 Å². The Bertz CT molecular complexity index is 549. The summed E-state index contributed by atoms with van der Waals surface area (Å²) in [5.74, 6) is 0.978. The van der Waals surface area contributed by atoms with Gasteiger partial charge in [0, 0.05) is 12.2 Å². The maximum atomic E-state index is 5.81. The minimum atomic E-state index is 0.665. The van der Waals surface area contributed by atoms with Crippen molar-refractivity contribution in [1.29, 1.82) is 0 Å². The van der Waals surface area contributed by atoms with Crippen LogP contribution in [0.15, 0.2) is 42.5 Å². The molecule has 0 spiro atoms. The molecule has 0 aliphatic carbocycles. The van der Waals surface area contributed by atoms with E-state index in [0.29, 0.717) is 6.61 Å². The molecule has 2 rings (SSSR count). The van der Waals surface area contributed by atoms with E-state index >= 15 is 0 Å². The first-order chi connectivity index (χ1) is 9.16. The minimum absolute atomic E-state index is 0.665. The van der Waals surface area contributed by atoms with Gasteiger partial charge in [0.05, 0.1) is 0 Å². The van der Waals surface area contributed by atoms with Crippen LogP contribution in [0, 0.1) is 20.8 Å². The molecule has 0 aliphatic heterocycles. The van der Waals surface area contributed by atoms with Gasteiger partial charge in [0.1, 0.15) is 12.4 Å². The molecular weight excluding hydrogens is 234 g/mol. The zero-order chi connectivity index (χ0) is 13.7. The summed E-state index contributed by atoms with van der Waals surface area (Å²) >= 11 is 0. The van der Waals surface area contributed by atoms with E-state index in [0.717, 1.165) is 18.0 Å². The average molecular weight is 255 g/mol. The van der Waals surface area contributed by atoms with Crippen LogP contribution < -0.4 is 10.1 Å². The predicted octanol–water partition coefficient (Wildman–Crippen LogP) is 4.10. The molecule has 2 aromatic carbocycles. The SMILES string of the molecule is Cc1cccc(NCCOc2cccc(C)c2C)c1. The summed E-state index contributed by atoms with van der Waals surface area (Å²) < 4.78 is 5.81. The van der Waals surface area contributed by atoms with Crippen LogP contribution in [0.25, 0.3) is 0 Å². The number of rotatable bonds is 5. The second-order valence-corrected chi connectivity index (χ2v) is 4.84. The van der Waals surface area contributed by atoms with Crippen molar-refractivity contribution < 1.29 is 4.74 Å². The molecule has 1 N–H and O–H groups in total. The third kappa shape index (κ3) is 3.75. The average Bonchev–Trinajstić information content (AvgIpc) is 2.39. The number of hydrogen-bond donors (Lipinski definition) is 1. The van der Waals surface area contributed by atoms with E-state index in [1.165, 1.54) is 16.7 Å². The van der Waals surface area contributed by atoms with Crippen LogP contribution in [0.2, 0.25) is 0 Å². The summed E-state index contributed by atoms with van der Waals surface area (Å²) in [6.45, 7) is 7.76. The molecule has 0 radical (unpaired) electrons. The predicted molar refractivity (Wildman–Crippen MR) is 81.1 cm³/mol. The third-order valence-corrected chi connectivity index (χ3v) is 3.26. The third-order valence-electron chi connectivity index (χ3n) is 3.26. The van der Waals surface area contributed by atoms with E-state index in [1.54, 1.807) is 0 Å². The Morgan fingerprint density at radius 2 is 1.79 bits per heavy atom. The molecule has 0 amide bonds. The highest BCUT2D eigenvalue weighted by Crippen LogP contribution is 2.20. The number of ether oxygens (including phenoxy) is 1. The van der Waals surface area contributed by atoms with E-state index < -0.39 is 0 Å². The molecule has 0 atom stereocenters. The Morgan fingerprint density at radius 3 is 2.58 bits per heavy atom. The Kier molecular flexibility index (Phi) is 4.45. The number of aryl methyl sites for hydroxylation is 2. The van der Waals surface area contributed by atoms with E-state index in [2.05, 4.69) is 56.4 Å². The van der Waals surface area contributed by atoms with Gasteiger partial charge in [-0.25, -0.2) is 0 Å². The number of hydrogen-bond acceptors (Lipinski definition) is 2. The summed E-state index contributed by atoms with van der Waals surface area (Å²) in [4.78, 5) is 0. The fourth-order valence-corrected chi connectivity index (χ4v) is 1.99. The normalized spacial score (nSPS) is 10.3. The molecule has 2 aromatic rings. The second-order valence-electron chi connectivity index (χ2n) is 4.84. The molecule has 0 saturated carbocycles. The Hall–Kier alpha value is -1.96. The maximum Gasteiger partial charge on any atom is 0.122 e. The van der Waals surface area contributed by atoms with Gasteiger partial charge in [-0.15, -0.1) is 0 Å². The molecular formula is C17H21NO. The van der Waals surface area contributed by atoms with Gasteiger partial charge in [-0.05, 0) is 55.7 Å². The fraction of sp³-hybridized carbons (Fsp3) is 0.294. The van der Waals surface area contributed by atoms with Gasteiger partial charge >= 0.3 is 0 Å². The molecule has 0 saturated heterocycles. The van der Waals surface area contributed by atoms with Crippen LogP contribution in [-0.4, -0.2) is 13.2 Å². The maximum absolute atomic E-state index is 5.81. The van der Waals surface area contributed by atoms with Crippen molar-refractivity contribution in [2.45, 2.75) is 20.8 Å². The van der Waals surface area contributed by atoms with Crippen molar-refractivity contribution in [1.82, 2.24) is 0 Å². The standard InChI is InChI=1S/C17H21NO/c1-13-6-4-8-16(12-13)18-10-11-19-17-9-5-7-14(2)15(17)3/h4-9,12,18H,10-11H2,1-3H3. The lowest BCUT2D eigenvalue weighted by molar-refractivity contribution is 0.330. The Morgan fingerprint density at radius 1 is 1.00 bits per heavy atom. The molecule has 0 aromatic heterocycles. The van der Waals surface area contributed by atoms with Gasteiger partial charge in [-0.3, -0.25) is 0 Å².